The maximum atomic E-state index is 7.83. The third-order valence-electron chi connectivity index (χ3n) is 3.57. The van der Waals surface area contributed by atoms with Crippen molar-refractivity contribution in [2.24, 2.45) is 5.41 Å². The number of alkyl halides is 2. The third-order valence-corrected chi connectivity index (χ3v) is 4.32. The van der Waals surface area contributed by atoms with Crippen molar-refractivity contribution in [1.29, 1.82) is 0 Å². The number of rotatable bonds is 1. The fourth-order valence-corrected chi connectivity index (χ4v) is 2.44. The van der Waals surface area contributed by atoms with Crippen molar-refractivity contribution in [2.45, 2.75) is 39.4 Å². The summed E-state index contributed by atoms with van der Waals surface area (Å²) in [5, 5.41) is 0. The second kappa shape index (κ2) is 3.33. The molecule has 0 nitrogen and oxygen atoms in total. The van der Waals surface area contributed by atoms with E-state index in [2.05, 4.69) is 13.8 Å². The third kappa shape index (κ3) is 1.35. The Balaban J connectivity index is 3.42. The van der Waals surface area contributed by atoms with Gasteiger partial charge in [-0.3, -0.25) is 0 Å². The number of hydrogen-bond acceptors (Lipinski definition) is 0. The summed E-state index contributed by atoms with van der Waals surface area (Å²) >= 11 is 11.9. The van der Waals surface area contributed by atoms with Crippen molar-refractivity contribution >= 4 is 23.2 Å². The molecule has 0 unspecified atom stereocenters. The summed E-state index contributed by atoms with van der Waals surface area (Å²) in [5.74, 6) is 0. The zero-order chi connectivity index (χ0) is 11.3. The highest BCUT2D eigenvalue weighted by Gasteiger charge is 2.41. The zero-order valence-corrected chi connectivity index (χ0v) is 10.3. The van der Waals surface area contributed by atoms with Crippen LogP contribution in [0.1, 0.15) is 36.0 Å². The topological polar surface area (TPSA) is 0 Å². The molecule has 0 saturated heterocycles. The van der Waals surface area contributed by atoms with E-state index in [1.165, 1.54) is 11.1 Å². The van der Waals surface area contributed by atoms with E-state index in [0.717, 1.165) is 11.1 Å². The van der Waals surface area contributed by atoms with Gasteiger partial charge in [-0.1, -0.05) is 11.1 Å². The van der Waals surface area contributed by atoms with Gasteiger partial charge in [0, 0.05) is 5.41 Å². The first-order valence-electron chi connectivity index (χ1n) is 4.88. The molecule has 0 radical (unpaired) electrons. The first-order chi connectivity index (χ1) is 6.14. The molecule has 0 aromatic carbocycles. The summed E-state index contributed by atoms with van der Waals surface area (Å²) in [6, 6.07) is 0. The quantitative estimate of drug-likeness (QED) is 0.571. The molecule has 0 N–H and O–H groups in total. The maximum Gasteiger partial charge on any atom is 0.120 e. The van der Waals surface area contributed by atoms with E-state index in [9.17, 15) is 0 Å². The molecule has 0 atom stereocenters. The molecular weight excluding hydrogens is 203 g/mol. The molecule has 13 heavy (non-hydrogen) atoms. The largest absolute Gasteiger partial charge is 0.120 e. The van der Waals surface area contributed by atoms with E-state index in [4.69, 9.17) is 24.6 Å². The first-order valence-corrected chi connectivity index (χ1v) is 5.13. The highest BCUT2D eigenvalue weighted by Crippen LogP contribution is 2.51. The van der Waals surface area contributed by atoms with Gasteiger partial charge in [0.05, 0.1) is 1.37 Å². The Kier molecular flexibility index (Phi) is 2.46. The van der Waals surface area contributed by atoms with Crippen LogP contribution in [0.4, 0.5) is 0 Å². The van der Waals surface area contributed by atoms with Crippen molar-refractivity contribution in [2.75, 3.05) is 0 Å². The molecular formula is C11H16Cl2. The molecule has 1 rings (SSSR count). The monoisotopic (exact) mass is 219 g/mol. The predicted molar refractivity (Wildman–Crippen MR) is 60.3 cm³/mol. The van der Waals surface area contributed by atoms with Gasteiger partial charge in [0.1, 0.15) is 4.81 Å². The average molecular weight is 220 g/mol. The van der Waals surface area contributed by atoms with Gasteiger partial charge in [-0.25, -0.2) is 0 Å². The lowest BCUT2D eigenvalue weighted by Gasteiger charge is -2.30. The van der Waals surface area contributed by atoms with E-state index >= 15 is 0 Å². The maximum absolute atomic E-state index is 7.83. The van der Waals surface area contributed by atoms with Crippen LogP contribution < -0.4 is 0 Å². The summed E-state index contributed by atoms with van der Waals surface area (Å²) in [6.45, 7) is 10.1. The van der Waals surface area contributed by atoms with Gasteiger partial charge in [-0.05, 0) is 45.8 Å². The first kappa shape index (κ1) is 9.61. The molecule has 0 aromatic rings. The molecule has 0 fully saturated rings. The van der Waals surface area contributed by atoms with Crippen LogP contribution in [0.5, 0.6) is 0 Å². The molecule has 74 valence electrons. The highest BCUT2D eigenvalue weighted by atomic mass is 35.5. The molecule has 0 bridgehead atoms. The number of halogens is 2. The van der Waals surface area contributed by atoms with E-state index in [1.54, 1.807) is 0 Å². The normalized spacial score (nSPS) is 24.1. The molecule has 0 aromatic heterocycles. The van der Waals surface area contributed by atoms with Crippen LogP contribution in [-0.4, -0.2) is 4.81 Å². The van der Waals surface area contributed by atoms with Crippen LogP contribution in [-0.2, 0) is 0 Å². The average Bonchev–Trinajstić information content (AvgIpc) is 2.21. The van der Waals surface area contributed by atoms with Crippen molar-refractivity contribution in [1.82, 2.24) is 0 Å². The second-order valence-corrected chi connectivity index (χ2v) is 4.83. The van der Waals surface area contributed by atoms with E-state index in [-0.39, 0.29) is 0 Å². The van der Waals surface area contributed by atoms with Crippen LogP contribution >= 0.6 is 23.2 Å². The van der Waals surface area contributed by atoms with Crippen LogP contribution in [0.15, 0.2) is 22.3 Å². The van der Waals surface area contributed by atoms with Gasteiger partial charge in [0.15, 0.2) is 0 Å². The molecule has 0 heterocycles. The molecule has 0 aliphatic heterocycles. The molecule has 1 aliphatic carbocycles. The summed E-state index contributed by atoms with van der Waals surface area (Å²) in [6.07, 6.45) is 0. The lowest BCUT2D eigenvalue weighted by molar-refractivity contribution is 0.527. The van der Waals surface area contributed by atoms with Gasteiger partial charge in [-0.2, -0.15) is 0 Å². The minimum Gasteiger partial charge on any atom is -0.104 e. The van der Waals surface area contributed by atoms with Gasteiger partial charge >= 0.3 is 0 Å². The Hall–Kier alpha value is 0.0600. The van der Waals surface area contributed by atoms with Gasteiger partial charge in [-0.15, -0.1) is 23.2 Å². The molecule has 2 heteroatoms. The van der Waals surface area contributed by atoms with Gasteiger partial charge in [0.25, 0.3) is 0 Å². The van der Waals surface area contributed by atoms with Crippen LogP contribution in [0.25, 0.3) is 0 Å². The van der Waals surface area contributed by atoms with E-state index in [0.29, 0.717) is 0 Å². The Labute approximate surface area is 92.0 Å². The predicted octanol–water partition coefficient (Wildman–Crippen LogP) is 4.48. The molecule has 0 amide bonds. The van der Waals surface area contributed by atoms with Crippen LogP contribution in [0.2, 0.25) is 0 Å². The molecule has 0 saturated carbocycles. The smallest absolute Gasteiger partial charge is 0.104 e. The Bertz CT molecular complexity index is 308. The van der Waals surface area contributed by atoms with Crippen LogP contribution in [0.3, 0.4) is 0 Å². The summed E-state index contributed by atoms with van der Waals surface area (Å²) in [5.41, 5.74) is 4.08. The lowest BCUT2D eigenvalue weighted by Crippen LogP contribution is -2.25. The lowest BCUT2D eigenvalue weighted by atomic mass is 9.81. The van der Waals surface area contributed by atoms with E-state index < -0.39 is 10.2 Å². The summed E-state index contributed by atoms with van der Waals surface area (Å²) < 4.78 is 7.83. The zero-order valence-electron chi connectivity index (χ0n) is 9.76. The van der Waals surface area contributed by atoms with E-state index in [1.807, 2.05) is 20.8 Å². The van der Waals surface area contributed by atoms with Crippen molar-refractivity contribution in [3.8, 4) is 0 Å². The Morgan fingerprint density at radius 1 is 1.08 bits per heavy atom. The Morgan fingerprint density at radius 3 is 1.54 bits per heavy atom. The van der Waals surface area contributed by atoms with Crippen molar-refractivity contribution < 1.29 is 1.37 Å². The SMILES string of the molecule is [2H]C(Cl)(Cl)C1(C)C(C)=C(C)C(C)=C1C. The fraction of sp³-hybridized carbons (Fsp3) is 0.636. The second-order valence-electron chi connectivity index (χ2n) is 3.89. The van der Waals surface area contributed by atoms with Gasteiger partial charge in [0.2, 0.25) is 0 Å². The van der Waals surface area contributed by atoms with Crippen molar-refractivity contribution in [3.63, 3.8) is 0 Å². The summed E-state index contributed by atoms with van der Waals surface area (Å²) in [4.78, 5) is -1.50. The number of allylic oxidation sites excluding steroid dienone is 4. The number of hydrogen-bond donors (Lipinski definition) is 0. The highest BCUT2D eigenvalue weighted by molar-refractivity contribution is 6.45. The van der Waals surface area contributed by atoms with Crippen molar-refractivity contribution in [3.05, 3.63) is 22.3 Å². The summed E-state index contributed by atoms with van der Waals surface area (Å²) in [7, 11) is 0. The fourth-order valence-electron chi connectivity index (χ4n) is 1.88. The molecule has 1 aliphatic rings. The van der Waals surface area contributed by atoms with Gasteiger partial charge < -0.3 is 0 Å². The minimum atomic E-state index is -1.50. The van der Waals surface area contributed by atoms with Crippen LogP contribution in [0, 0.1) is 5.41 Å². The molecule has 0 spiro atoms. The minimum absolute atomic E-state index is 0.551. The Morgan fingerprint density at radius 2 is 1.38 bits per heavy atom. The standard InChI is InChI=1S/C11H16Cl2/c1-6-7(2)9(4)11(5,8(6)3)10(12)13/h10H,1-5H3/i10D.